The fourth-order valence-electron chi connectivity index (χ4n) is 1.70. The average molecular weight is 248 g/mol. The van der Waals surface area contributed by atoms with Gasteiger partial charge in [0.2, 0.25) is 0 Å². The minimum atomic E-state index is -0.418. The molecule has 4 nitrogen and oxygen atoms in total. The normalized spacial score (nSPS) is 11.3. The average Bonchev–Trinajstić information content (AvgIpc) is 2.71. The van der Waals surface area contributed by atoms with E-state index in [1.54, 1.807) is 32.3 Å². The fourth-order valence-corrected chi connectivity index (χ4v) is 1.70. The van der Waals surface area contributed by atoms with Gasteiger partial charge in [-0.05, 0) is 24.6 Å². The molecule has 0 fully saturated rings. The smallest absolute Gasteiger partial charge is 0.330 e. The van der Waals surface area contributed by atoms with Gasteiger partial charge in [0.1, 0.15) is 5.52 Å². The van der Waals surface area contributed by atoms with Gasteiger partial charge in [0.25, 0.3) is 0 Å². The number of hydrogen-bond acceptors (Lipinski definition) is 3. The van der Waals surface area contributed by atoms with E-state index in [-0.39, 0.29) is 5.82 Å². The van der Waals surface area contributed by atoms with E-state index in [1.165, 1.54) is 16.8 Å². The molecule has 0 aliphatic carbocycles. The Hall–Kier alpha value is -2.17. The molecule has 0 radical (unpaired) electrons. The van der Waals surface area contributed by atoms with Crippen LogP contribution in [0.5, 0.6) is 0 Å². The molecule has 0 aliphatic heterocycles. The number of carbonyl (C=O) groups excluding carboxylic acids is 1. The van der Waals surface area contributed by atoms with Crippen LogP contribution in [0.15, 0.2) is 24.4 Å². The molecule has 2 aromatic rings. The van der Waals surface area contributed by atoms with Crippen LogP contribution in [-0.2, 0) is 16.6 Å². The van der Waals surface area contributed by atoms with Crippen molar-refractivity contribution in [1.29, 1.82) is 0 Å². The summed E-state index contributed by atoms with van der Waals surface area (Å²) in [5.74, 6) is -0.794. The third-order valence-corrected chi connectivity index (χ3v) is 2.46. The summed E-state index contributed by atoms with van der Waals surface area (Å²) in [5, 5.41) is 4.69. The fraction of sp³-hybridized carbons (Fsp3) is 0.231. The van der Waals surface area contributed by atoms with E-state index >= 15 is 0 Å². The van der Waals surface area contributed by atoms with E-state index in [0.29, 0.717) is 17.5 Å². The second-order valence-corrected chi connectivity index (χ2v) is 3.79. The first-order valence-electron chi connectivity index (χ1n) is 5.58. The van der Waals surface area contributed by atoms with Crippen LogP contribution in [0.25, 0.3) is 17.0 Å². The number of aromatic nitrogens is 2. The summed E-state index contributed by atoms with van der Waals surface area (Å²) in [6, 6.07) is 2.94. The largest absolute Gasteiger partial charge is 0.463 e. The van der Waals surface area contributed by atoms with Crippen molar-refractivity contribution in [3.05, 3.63) is 35.8 Å². The first kappa shape index (κ1) is 12.3. The standard InChI is InChI=1S/C13H13FN2O2/c1-3-18-12(17)7-5-9-4-6-11(14)13-10(9)8-16(2)15-13/h4-8H,3H2,1-2H3. The molecule has 0 saturated carbocycles. The number of fused-ring (bicyclic) bond motifs is 1. The molecule has 1 aromatic heterocycles. The molecule has 0 bridgehead atoms. The first-order chi connectivity index (χ1) is 8.61. The van der Waals surface area contributed by atoms with Crippen molar-refractivity contribution >= 4 is 22.9 Å². The van der Waals surface area contributed by atoms with Crippen LogP contribution in [0.2, 0.25) is 0 Å². The van der Waals surface area contributed by atoms with E-state index in [2.05, 4.69) is 5.10 Å². The Labute approximate surface area is 104 Å². The van der Waals surface area contributed by atoms with Crippen molar-refractivity contribution < 1.29 is 13.9 Å². The highest BCUT2D eigenvalue weighted by Gasteiger charge is 2.08. The van der Waals surface area contributed by atoms with Crippen LogP contribution >= 0.6 is 0 Å². The quantitative estimate of drug-likeness (QED) is 0.618. The molecule has 18 heavy (non-hydrogen) atoms. The lowest BCUT2D eigenvalue weighted by Gasteiger charge is -1.97. The number of halogens is 1. The van der Waals surface area contributed by atoms with Crippen molar-refractivity contribution in [2.75, 3.05) is 6.61 Å². The van der Waals surface area contributed by atoms with Crippen molar-refractivity contribution in [2.24, 2.45) is 7.05 Å². The highest BCUT2D eigenvalue weighted by Crippen LogP contribution is 2.21. The number of ether oxygens (including phenoxy) is 1. The summed E-state index contributed by atoms with van der Waals surface area (Å²) in [7, 11) is 1.72. The first-order valence-corrected chi connectivity index (χ1v) is 5.58. The monoisotopic (exact) mass is 248 g/mol. The van der Waals surface area contributed by atoms with Gasteiger partial charge >= 0.3 is 5.97 Å². The van der Waals surface area contributed by atoms with E-state index < -0.39 is 5.97 Å². The summed E-state index contributed by atoms with van der Waals surface area (Å²) in [4.78, 5) is 11.2. The van der Waals surface area contributed by atoms with Gasteiger partial charge < -0.3 is 4.74 Å². The van der Waals surface area contributed by atoms with E-state index in [4.69, 9.17) is 4.74 Å². The molecule has 1 aromatic carbocycles. The Morgan fingerprint density at radius 3 is 3.06 bits per heavy atom. The van der Waals surface area contributed by atoms with Gasteiger partial charge in [-0.2, -0.15) is 5.10 Å². The predicted octanol–water partition coefficient (Wildman–Crippen LogP) is 2.29. The zero-order valence-electron chi connectivity index (χ0n) is 10.2. The molecule has 0 saturated heterocycles. The second-order valence-electron chi connectivity index (χ2n) is 3.79. The number of rotatable bonds is 3. The van der Waals surface area contributed by atoms with E-state index in [0.717, 1.165) is 5.56 Å². The molecule has 2 rings (SSSR count). The summed E-state index contributed by atoms with van der Waals surface area (Å²) in [5.41, 5.74) is 1.02. The van der Waals surface area contributed by atoms with Gasteiger partial charge in [0, 0.05) is 24.7 Å². The van der Waals surface area contributed by atoms with Crippen LogP contribution in [0, 0.1) is 5.82 Å². The highest BCUT2D eigenvalue weighted by atomic mass is 19.1. The maximum absolute atomic E-state index is 13.5. The van der Waals surface area contributed by atoms with Gasteiger partial charge in [-0.3, -0.25) is 4.68 Å². The number of benzene rings is 1. The lowest BCUT2D eigenvalue weighted by molar-refractivity contribution is -0.137. The summed E-state index contributed by atoms with van der Waals surface area (Å²) < 4.78 is 19.8. The number of nitrogens with zero attached hydrogens (tertiary/aromatic N) is 2. The summed E-state index contributed by atoms with van der Waals surface area (Å²) in [6.07, 6.45) is 4.63. The highest BCUT2D eigenvalue weighted by molar-refractivity contribution is 5.93. The Balaban J connectivity index is 2.40. The number of carbonyl (C=O) groups is 1. The third kappa shape index (κ3) is 2.40. The Morgan fingerprint density at radius 2 is 2.33 bits per heavy atom. The van der Waals surface area contributed by atoms with Gasteiger partial charge in [0.05, 0.1) is 6.61 Å². The van der Waals surface area contributed by atoms with Gasteiger partial charge in [-0.15, -0.1) is 0 Å². The summed E-state index contributed by atoms with van der Waals surface area (Å²) in [6.45, 7) is 2.07. The molecule has 0 atom stereocenters. The topological polar surface area (TPSA) is 44.1 Å². The second kappa shape index (κ2) is 5.00. The van der Waals surface area contributed by atoms with Crippen LogP contribution < -0.4 is 0 Å². The van der Waals surface area contributed by atoms with E-state index in [1.807, 2.05) is 0 Å². The Kier molecular flexibility index (Phi) is 3.41. The molecule has 0 N–H and O–H groups in total. The van der Waals surface area contributed by atoms with Crippen molar-refractivity contribution in [1.82, 2.24) is 9.78 Å². The maximum Gasteiger partial charge on any atom is 0.330 e. The minimum absolute atomic E-state index is 0.295. The Bertz CT molecular complexity index is 617. The Morgan fingerprint density at radius 1 is 1.56 bits per heavy atom. The van der Waals surface area contributed by atoms with Crippen LogP contribution in [0.4, 0.5) is 4.39 Å². The molecule has 94 valence electrons. The molecule has 0 amide bonds. The van der Waals surface area contributed by atoms with Gasteiger partial charge in [-0.1, -0.05) is 6.07 Å². The lowest BCUT2D eigenvalue weighted by Crippen LogP contribution is -1.98. The van der Waals surface area contributed by atoms with Crippen molar-refractivity contribution in [2.45, 2.75) is 6.92 Å². The SMILES string of the molecule is CCOC(=O)C=Cc1ccc(F)c2nn(C)cc12. The lowest BCUT2D eigenvalue weighted by atomic mass is 10.1. The number of aryl methyl sites for hydroxylation is 1. The minimum Gasteiger partial charge on any atom is -0.463 e. The van der Waals surface area contributed by atoms with Crippen molar-refractivity contribution in [3.8, 4) is 0 Å². The molecule has 5 heteroatoms. The zero-order valence-corrected chi connectivity index (χ0v) is 10.2. The van der Waals surface area contributed by atoms with Crippen LogP contribution in [0.3, 0.4) is 0 Å². The number of hydrogen-bond donors (Lipinski definition) is 0. The molecule has 0 spiro atoms. The molecule has 0 unspecified atom stereocenters. The van der Waals surface area contributed by atoms with Crippen LogP contribution in [-0.4, -0.2) is 22.4 Å². The molecule has 0 aliphatic rings. The zero-order chi connectivity index (χ0) is 13.1. The van der Waals surface area contributed by atoms with Gasteiger partial charge in [0.15, 0.2) is 5.82 Å². The molecular formula is C13H13FN2O2. The summed E-state index contributed by atoms with van der Waals surface area (Å²) >= 11 is 0. The predicted molar refractivity (Wildman–Crippen MR) is 66.3 cm³/mol. The van der Waals surface area contributed by atoms with Crippen molar-refractivity contribution in [3.63, 3.8) is 0 Å². The van der Waals surface area contributed by atoms with E-state index in [9.17, 15) is 9.18 Å². The number of esters is 1. The molecule has 1 heterocycles. The third-order valence-electron chi connectivity index (χ3n) is 2.46. The van der Waals surface area contributed by atoms with Gasteiger partial charge in [-0.25, -0.2) is 9.18 Å². The van der Waals surface area contributed by atoms with Crippen LogP contribution in [0.1, 0.15) is 12.5 Å². The molecular weight excluding hydrogens is 235 g/mol. The maximum atomic E-state index is 13.5.